The third-order valence-corrected chi connectivity index (χ3v) is 1.97. The molecule has 0 spiro atoms. The molecule has 0 aliphatic heterocycles. The molecule has 0 saturated heterocycles. The zero-order valence-corrected chi connectivity index (χ0v) is 7.74. The number of carboxylic acid groups (broad SMARTS) is 1. The molecule has 0 aliphatic carbocycles. The van der Waals surface area contributed by atoms with Crippen LogP contribution in [0.5, 0.6) is 0 Å². The van der Waals surface area contributed by atoms with Gasteiger partial charge in [-0.2, -0.15) is 5.10 Å². The van der Waals surface area contributed by atoms with Crippen molar-refractivity contribution in [2.45, 2.75) is 26.8 Å². The van der Waals surface area contributed by atoms with Gasteiger partial charge in [0.15, 0.2) is 0 Å². The van der Waals surface area contributed by atoms with Crippen LogP contribution in [0.4, 0.5) is 5.69 Å². The zero-order valence-electron chi connectivity index (χ0n) is 7.74. The highest BCUT2D eigenvalue weighted by Crippen LogP contribution is 2.14. The Morgan fingerprint density at radius 1 is 1.62 bits per heavy atom. The second-order valence-corrected chi connectivity index (χ2v) is 2.95. The Morgan fingerprint density at radius 2 is 2.23 bits per heavy atom. The molecular formula is C8H13N3O2. The molecule has 5 heteroatoms. The second-order valence-electron chi connectivity index (χ2n) is 2.95. The summed E-state index contributed by atoms with van der Waals surface area (Å²) in [6.45, 7) is 4.01. The molecule has 0 bridgehead atoms. The second kappa shape index (κ2) is 3.47. The summed E-state index contributed by atoms with van der Waals surface area (Å²) >= 11 is 0. The number of hydrogen-bond acceptors (Lipinski definition) is 3. The van der Waals surface area contributed by atoms with Crippen molar-refractivity contribution < 1.29 is 9.90 Å². The number of nitrogens with two attached hydrogens (primary N) is 1. The number of aliphatic carboxylic acids is 1. The fourth-order valence-corrected chi connectivity index (χ4v) is 1.13. The normalized spacial score (nSPS) is 10.3. The van der Waals surface area contributed by atoms with Crippen molar-refractivity contribution in [3.8, 4) is 0 Å². The Hall–Kier alpha value is -1.52. The number of nitrogens with zero attached hydrogens (tertiary/aromatic N) is 2. The van der Waals surface area contributed by atoms with Crippen LogP contribution >= 0.6 is 0 Å². The topological polar surface area (TPSA) is 81.1 Å². The minimum Gasteiger partial charge on any atom is -0.481 e. The Kier molecular flexibility index (Phi) is 2.55. The lowest BCUT2D eigenvalue weighted by Crippen LogP contribution is -2.07. The standard InChI is InChI=1S/C8H13N3O2/c1-5-8(9)6(2)11(10-5)4-3-7(12)13/h3-4,9H2,1-2H3,(H,12,13). The van der Waals surface area contributed by atoms with Gasteiger partial charge in [0, 0.05) is 0 Å². The Morgan fingerprint density at radius 3 is 2.62 bits per heavy atom. The summed E-state index contributed by atoms with van der Waals surface area (Å²) < 4.78 is 1.62. The molecule has 1 rings (SSSR count). The lowest BCUT2D eigenvalue weighted by molar-refractivity contribution is -0.137. The van der Waals surface area contributed by atoms with Crippen molar-refractivity contribution in [2.24, 2.45) is 0 Å². The average molecular weight is 183 g/mol. The summed E-state index contributed by atoms with van der Waals surface area (Å²) in [5.74, 6) is -0.828. The molecule has 5 nitrogen and oxygen atoms in total. The zero-order chi connectivity index (χ0) is 10.0. The van der Waals surface area contributed by atoms with Crippen molar-refractivity contribution in [1.82, 2.24) is 9.78 Å². The molecule has 72 valence electrons. The first-order valence-electron chi connectivity index (χ1n) is 4.03. The largest absolute Gasteiger partial charge is 0.481 e. The van der Waals surface area contributed by atoms with Gasteiger partial charge in [0.25, 0.3) is 0 Å². The van der Waals surface area contributed by atoms with Crippen molar-refractivity contribution >= 4 is 11.7 Å². The van der Waals surface area contributed by atoms with Gasteiger partial charge in [-0.25, -0.2) is 0 Å². The van der Waals surface area contributed by atoms with E-state index in [4.69, 9.17) is 10.8 Å². The van der Waals surface area contributed by atoms with Crippen LogP contribution in [0.1, 0.15) is 17.8 Å². The maximum absolute atomic E-state index is 10.3. The van der Waals surface area contributed by atoms with Crippen LogP contribution in [0.25, 0.3) is 0 Å². The van der Waals surface area contributed by atoms with E-state index in [2.05, 4.69) is 5.10 Å². The lowest BCUT2D eigenvalue weighted by Gasteiger charge is -2.00. The summed E-state index contributed by atoms with van der Waals surface area (Å²) in [4.78, 5) is 10.3. The van der Waals surface area contributed by atoms with Crippen molar-refractivity contribution in [2.75, 3.05) is 5.73 Å². The fraction of sp³-hybridized carbons (Fsp3) is 0.500. The maximum atomic E-state index is 10.3. The minimum atomic E-state index is -0.828. The van der Waals surface area contributed by atoms with Gasteiger partial charge in [-0.1, -0.05) is 0 Å². The minimum absolute atomic E-state index is 0.0708. The first-order chi connectivity index (χ1) is 6.02. The number of aryl methyl sites for hydroxylation is 2. The highest BCUT2D eigenvalue weighted by molar-refractivity contribution is 5.66. The SMILES string of the molecule is Cc1nn(CCC(=O)O)c(C)c1N. The number of hydrogen-bond donors (Lipinski definition) is 2. The number of rotatable bonds is 3. The molecule has 3 N–H and O–H groups in total. The first-order valence-corrected chi connectivity index (χ1v) is 4.03. The summed E-state index contributed by atoms with van der Waals surface area (Å²) in [7, 11) is 0. The summed E-state index contributed by atoms with van der Waals surface area (Å²) in [5.41, 5.74) is 7.91. The first kappa shape index (κ1) is 9.57. The van der Waals surface area contributed by atoms with E-state index in [0.29, 0.717) is 12.2 Å². The maximum Gasteiger partial charge on any atom is 0.305 e. The number of carboxylic acids is 1. The molecule has 0 amide bonds. The summed E-state index contributed by atoms with van der Waals surface area (Å²) in [6.07, 6.45) is 0.0708. The van der Waals surface area contributed by atoms with Crippen LogP contribution in [0, 0.1) is 13.8 Å². The molecule has 0 aliphatic rings. The van der Waals surface area contributed by atoms with Gasteiger partial charge in [0.2, 0.25) is 0 Å². The van der Waals surface area contributed by atoms with Gasteiger partial charge < -0.3 is 10.8 Å². The lowest BCUT2D eigenvalue weighted by atomic mass is 10.3. The third kappa shape index (κ3) is 1.99. The highest BCUT2D eigenvalue weighted by atomic mass is 16.4. The van der Waals surface area contributed by atoms with Crippen LogP contribution < -0.4 is 5.73 Å². The van der Waals surface area contributed by atoms with Crippen LogP contribution in [-0.2, 0) is 11.3 Å². The van der Waals surface area contributed by atoms with E-state index in [1.165, 1.54) is 0 Å². The quantitative estimate of drug-likeness (QED) is 0.717. The van der Waals surface area contributed by atoms with E-state index in [0.717, 1.165) is 11.4 Å². The third-order valence-electron chi connectivity index (χ3n) is 1.97. The monoisotopic (exact) mass is 183 g/mol. The predicted molar refractivity (Wildman–Crippen MR) is 48.4 cm³/mol. The van der Waals surface area contributed by atoms with Crippen LogP contribution in [0.2, 0.25) is 0 Å². The molecule has 0 saturated carbocycles. The molecule has 0 aromatic carbocycles. The van der Waals surface area contributed by atoms with E-state index in [-0.39, 0.29) is 6.42 Å². The van der Waals surface area contributed by atoms with E-state index < -0.39 is 5.97 Å². The smallest absolute Gasteiger partial charge is 0.305 e. The molecule has 1 heterocycles. The molecule has 0 atom stereocenters. The molecule has 0 unspecified atom stereocenters. The van der Waals surface area contributed by atoms with Gasteiger partial charge in [-0.15, -0.1) is 0 Å². The molecule has 1 aromatic heterocycles. The van der Waals surface area contributed by atoms with Crippen molar-refractivity contribution in [3.63, 3.8) is 0 Å². The van der Waals surface area contributed by atoms with Crippen LogP contribution in [0.3, 0.4) is 0 Å². The van der Waals surface area contributed by atoms with E-state index >= 15 is 0 Å². The molecule has 1 aromatic rings. The summed E-state index contributed by atoms with van der Waals surface area (Å²) in [6, 6.07) is 0. The summed E-state index contributed by atoms with van der Waals surface area (Å²) in [5, 5.41) is 12.6. The number of aromatic nitrogens is 2. The van der Waals surface area contributed by atoms with E-state index in [9.17, 15) is 4.79 Å². The molecule has 0 radical (unpaired) electrons. The number of anilines is 1. The van der Waals surface area contributed by atoms with E-state index in [1.807, 2.05) is 6.92 Å². The Labute approximate surface area is 76.2 Å². The molecule has 0 fully saturated rings. The van der Waals surface area contributed by atoms with Gasteiger partial charge >= 0.3 is 5.97 Å². The molecule has 13 heavy (non-hydrogen) atoms. The fourth-order valence-electron chi connectivity index (χ4n) is 1.13. The Bertz CT molecular complexity index is 330. The van der Waals surface area contributed by atoms with Gasteiger partial charge in [0.1, 0.15) is 0 Å². The van der Waals surface area contributed by atoms with Gasteiger partial charge in [-0.05, 0) is 13.8 Å². The Balaban J connectivity index is 2.78. The average Bonchev–Trinajstić information content (AvgIpc) is 2.29. The van der Waals surface area contributed by atoms with Crippen LogP contribution in [0.15, 0.2) is 0 Å². The van der Waals surface area contributed by atoms with Crippen LogP contribution in [-0.4, -0.2) is 20.9 Å². The van der Waals surface area contributed by atoms with Gasteiger partial charge in [-0.3, -0.25) is 9.48 Å². The van der Waals surface area contributed by atoms with Gasteiger partial charge in [0.05, 0.1) is 30.0 Å². The van der Waals surface area contributed by atoms with E-state index in [1.54, 1.807) is 11.6 Å². The van der Waals surface area contributed by atoms with Crippen molar-refractivity contribution in [3.05, 3.63) is 11.4 Å². The number of carbonyl (C=O) groups is 1. The molecular weight excluding hydrogens is 170 g/mol. The van der Waals surface area contributed by atoms with Crippen molar-refractivity contribution in [1.29, 1.82) is 0 Å². The number of nitrogen functional groups attached to an aromatic ring is 1. The predicted octanol–water partition coefficient (Wildman–Crippen LogP) is 0.557. The highest BCUT2D eigenvalue weighted by Gasteiger charge is 2.08.